The smallest absolute Gasteiger partial charge is 0.155 e. The van der Waals surface area contributed by atoms with Crippen LogP contribution in [-0.2, 0) is 9.59 Å². The van der Waals surface area contributed by atoms with Crippen LogP contribution in [0.3, 0.4) is 0 Å². The minimum absolute atomic E-state index is 0.124. The van der Waals surface area contributed by atoms with Gasteiger partial charge in [0.05, 0.1) is 0 Å². The fourth-order valence-corrected chi connectivity index (χ4v) is 6.51. The van der Waals surface area contributed by atoms with Crippen LogP contribution in [0.15, 0.2) is 11.6 Å². The molecule has 6 atom stereocenters. The molecule has 4 aliphatic carbocycles. The molecule has 3 fully saturated rings. The van der Waals surface area contributed by atoms with E-state index in [1.807, 2.05) is 6.08 Å². The van der Waals surface area contributed by atoms with E-state index in [0.717, 1.165) is 38.5 Å². The fourth-order valence-electron chi connectivity index (χ4n) is 6.51. The largest absolute Gasteiger partial charge is 0.299 e. The van der Waals surface area contributed by atoms with Crippen molar-refractivity contribution in [1.29, 1.82) is 0 Å². The number of ketones is 2. The van der Waals surface area contributed by atoms with Gasteiger partial charge in [-0.25, -0.2) is 0 Å². The van der Waals surface area contributed by atoms with E-state index in [2.05, 4.69) is 19.8 Å². The number of Topliss-reactive ketones (excluding diaryl/α,β-unsaturated/α-hetero) is 1. The maximum absolute atomic E-state index is 12.5. The van der Waals surface area contributed by atoms with Crippen molar-refractivity contribution in [2.24, 2.45) is 34.5 Å². The molecule has 2 nitrogen and oxygen atoms in total. The van der Waals surface area contributed by atoms with E-state index in [1.165, 1.54) is 5.57 Å². The van der Waals surface area contributed by atoms with Gasteiger partial charge in [0.2, 0.25) is 0 Å². The van der Waals surface area contributed by atoms with Gasteiger partial charge in [0, 0.05) is 24.2 Å². The van der Waals surface area contributed by atoms with Gasteiger partial charge in [0.1, 0.15) is 5.78 Å². The lowest BCUT2D eigenvalue weighted by atomic mass is 9.45. The van der Waals surface area contributed by atoms with Crippen molar-refractivity contribution in [2.45, 2.75) is 58.8 Å². The lowest BCUT2D eigenvalue weighted by molar-refractivity contribution is -0.133. The second-order valence-corrected chi connectivity index (χ2v) is 8.74. The second kappa shape index (κ2) is 4.82. The third-order valence-corrected chi connectivity index (χ3v) is 7.94. The predicted molar refractivity (Wildman–Crippen MR) is 89.4 cm³/mol. The van der Waals surface area contributed by atoms with Crippen molar-refractivity contribution < 1.29 is 9.59 Å². The van der Waals surface area contributed by atoms with Crippen LogP contribution in [0.1, 0.15) is 58.8 Å². The second-order valence-electron chi connectivity index (χ2n) is 8.74. The molecular weight excluding hydrogens is 284 g/mol. The highest BCUT2D eigenvalue weighted by Gasteiger charge is 2.61. The third kappa shape index (κ3) is 1.89. The SMILES string of the molecule is C#CC1CC2=CC(=O)CC[C@]2(C)[C@@H]2CC[C@]3(C)C(=O)CC[C@H]3[C@H]12. The molecule has 0 aromatic rings. The Bertz CT molecular complexity index is 651. The Hall–Kier alpha value is -1.36. The van der Waals surface area contributed by atoms with Crippen molar-refractivity contribution in [3.8, 4) is 12.3 Å². The Labute approximate surface area is 139 Å². The summed E-state index contributed by atoms with van der Waals surface area (Å²) < 4.78 is 0. The maximum Gasteiger partial charge on any atom is 0.155 e. The normalized spacial score (nSPS) is 48.8. The molecule has 0 spiro atoms. The Balaban J connectivity index is 1.79. The fraction of sp³-hybridized carbons (Fsp3) is 0.714. The first kappa shape index (κ1) is 15.2. The highest BCUT2D eigenvalue weighted by Crippen LogP contribution is 2.65. The summed E-state index contributed by atoms with van der Waals surface area (Å²) in [6.45, 7) is 4.55. The average Bonchev–Trinajstić information content (AvgIpc) is 2.83. The van der Waals surface area contributed by atoms with Gasteiger partial charge in [-0.15, -0.1) is 12.3 Å². The summed E-state index contributed by atoms with van der Waals surface area (Å²) in [6, 6.07) is 0. The molecule has 0 aromatic heterocycles. The summed E-state index contributed by atoms with van der Waals surface area (Å²) in [5, 5.41) is 0. The van der Waals surface area contributed by atoms with E-state index in [4.69, 9.17) is 6.42 Å². The summed E-state index contributed by atoms with van der Waals surface area (Å²) in [4.78, 5) is 24.4. The van der Waals surface area contributed by atoms with Crippen LogP contribution in [0.2, 0.25) is 0 Å². The van der Waals surface area contributed by atoms with Gasteiger partial charge in [0.25, 0.3) is 0 Å². The Morgan fingerprint density at radius 1 is 1.09 bits per heavy atom. The number of allylic oxidation sites excluding steroid dienone is 1. The number of rotatable bonds is 0. The lowest BCUT2D eigenvalue weighted by Gasteiger charge is -2.58. The van der Waals surface area contributed by atoms with Crippen molar-refractivity contribution >= 4 is 11.6 Å². The zero-order chi connectivity index (χ0) is 16.4. The highest BCUT2D eigenvalue weighted by atomic mass is 16.1. The molecule has 0 radical (unpaired) electrons. The average molecular weight is 310 g/mol. The molecule has 1 unspecified atom stereocenters. The molecule has 122 valence electrons. The van der Waals surface area contributed by atoms with Crippen LogP contribution >= 0.6 is 0 Å². The summed E-state index contributed by atoms with van der Waals surface area (Å²) in [6.07, 6.45) is 14.2. The number of carbonyl (C=O) groups is 2. The molecule has 4 rings (SSSR count). The topological polar surface area (TPSA) is 34.1 Å². The molecular formula is C21H26O2. The van der Waals surface area contributed by atoms with Crippen molar-refractivity contribution in [3.05, 3.63) is 11.6 Å². The summed E-state index contributed by atoms with van der Waals surface area (Å²) in [5.74, 6) is 5.42. The summed E-state index contributed by atoms with van der Waals surface area (Å²) in [7, 11) is 0. The molecule has 3 saturated carbocycles. The van der Waals surface area contributed by atoms with Gasteiger partial charge in [-0.2, -0.15) is 0 Å². The van der Waals surface area contributed by atoms with Crippen LogP contribution in [0.4, 0.5) is 0 Å². The minimum atomic E-state index is -0.141. The maximum atomic E-state index is 12.5. The monoisotopic (exact) mass is 310 g/mol. The predicted octanol–water partition coefficient (Wildman–Crippen LogP) is 3.95. The van der Waals surface area contributed by atoms with Crippen LogP contribution in [0.5, 0.6) is 0 Å². The lowest BCUT2D eigenvalue weighted by Crippen LogP contribution is -2.53. The van der Waals surface area contributed by atoms with Gasteiger partial charge in [-0.3, -0.25) is 9.59 Å². The van der Waals surface area contributed by atoms with E-state index in [1.54, 1.807) is 0 Å². The number of hydrogen-bond acceptors (Lipinski definition) is 2. The Morgan fingerprint density at radius 2 is 1.83 bits per heavy atom. The van der Waals surface area contributed by atoms with Gasteiger partial charge in [0.15, 0.2) is 5.78 Å². The molecule has 4 aliphatic rings. The van der Waals surface area contributed by atoms with E-state index in [-0.39, 0.29) is 22.5 Å². The van der Waals surface area contributed by atoms with Crippen molar-refractivity contribution in [3.63, 3.8) is 0 Å². The van der Waals surface area contributed by atoms with E-state index < -0.39 is 0 Å². The standard InChI is InChI=1S/C21H26O2/c1-4-13-11-14-12-15(22)7-9-20(14,2)17-8-10-21(3)16(19(13)17)5-6-18(21)23/h1,12-13,16-17,19H,5-11H2,2-3H3/t13?,16-,17+,19-,20-,21-/m0/s1. The summed E-state index contributed by atoms with van der Waals surface area (Å²) >= 11 is 0. The first-order valence-corrected chi connectivity index (χ1v) is 9.13. The molecule has 0 amide bonds. The van der Waals surface area contributed by atoms with Crippen LogP contribution in [-0.4, -0.2) is 11.6 Å². The quantitative estimate of drug-likeness (QED) is 0.635. The summed E-state index contributed by atoms with van der Waals surface area (Å²) in [5.41, 5.74) is 1.28. The Morgan fingerprint density at radius 3 is 2.57 bits per heavy atom. The Kier molecular flexibility index (Phi) is 3.18. The number of fused-ring (bicyclic) bond motifs is 5. The minimum Gasteiger partial charge on any atom is -0.299 e. The highest BCUT2D eigenvalue weighted by molar-refractivity contribution is 5.91. The number of terminal acetylenes is 1. The van der Waals surface area contributed by atoms with Gasteiger partial charge < -0.3 is 0 Å². The third-order valence-electron chi connectivity index (χ3n) is 7.94. The molecule has 0 N–H and O–H groups in total. The van der Waals surface area contributed by atoms with Gasteiger partial charge >= 0.3 is 0 Å². The van der Waals surface area contributed by atoms with Crippen LogP contribution in [0, 0.1) is 46.8 Å². The molecule has 0 heterocycles. The zero-order valence-electron chi connectivity index (χ0n) is 14.2. The van der Waals surface area contributed by atoms with E-state index >= 15 is 0 Å². The zero-order valence-corrected chi connectivity index (χ0v) is 14.2. The van der Waals surface area contributed by atoms with Crippen molar-refractivity contribution in [2.75, 3.05) is 0 Å². The van der Waals surface area contributed by atoms with Crippen LogP contribution < -0.4 is 0 Å². The molecule has 0 bridgehead atoms. The van der Waals surface area contributed by atoms with Crippen molar-refractivity contribution in [1.82, 2.24) is 0 Å². The van der Waals surface area contributed by atoms with Crippen LogP contribution in [0.25, 0.3) is 0 Å². The first-order valence-electron chi connectivity index (χ1n) is 9.13. The first-order chi connectivity index (χ1) is 10.9. The van der Waals surface area contributed by atoms with E-state index in [9.17, 15) is 9.59 Å². The molecule has 0 saturated heterocycles. The van der Waals surface area contributed by atoms with Gasteiger partial charge in [-0.1, -0.05) is 19.4 Å². The number of hydrogen-bond donors (Lipinski definition) is 0. The number of carbonyl (C=O) groups excluding carboxylic acids is 2. The van der Waals surface area contributed by atoms with Gasteiger partial charge in [-0.05, 0) is 61.3 Å². The molecule has 2 heteroatoms. The van der Waals surface area contributed by atoms with E-state index in [0.29, 0.717) is 30.0 Å². The molecule has 0 aromatic carbocycles. The molecule has 0 aliphatic heterocycles. The molecule has 23 heavy (non-hydrogen) atoms.